The monoisotopic (exact) mass is 480 g/mol. The fourth-order valence-corrected chi connectivity index (χ4v) is 7.26. The number of nitrogens with zero attached hydrogens (tertiary/aromatic N) is 2. The summed E-state index contributed by atoms with van der Waals surface area (Å²) in [6.07, 6.45) is 4.40. The second-order valence-corrected chi connectivity index (χ2v) is 12.6. The smallest absolute Gasteiger partial charge is 0.234 e. The number of aliphatic hydroxyl groups excluding tert-OH is 1. The van der Waals surface area contributed by atoms with Gasteiger partial charge in [0.25, 0.3) is 0 Å². The second-order valence-electron chi connectivity index (χ2n) is 9.81. The summed E-state index contributed by atoms with van der Waals surface area (Å²) in [5, 5.41) is 10.5. The Morgan fingerprint density at radius 1 is 1.25 bits per heavy atom. The number of sulfonamides is 1. The molecular weight excluding hydrogens is 448 g/mol. The van der Waals surface area contributed by atoms with Gasteiger partial charge in [0.1, 0.15) is 0 Å². The van der Waals surface area contributed by atoms with Gasteiger partial charge in [0.2, 0.25) is 15.9 Å². The lowest BCUT2D eigenvalue weighted by Crippen LogP contribution is -2.62. The van der Waals surface area contributed by atoms with Crippen LogP contribution >= 0.6 is 11.6 Å². The first-order chi connectivity index (χ1) is 15.0. The maximum Gasteiger partial charge on any atom is 0.234 e. The van der Waals surface area contributed by atoms with Crippen molar-refractivity contribution in [3.63, 3.8) is 0 Å². The Kier molecular flexibility index (Phi) is 6.14. The topological polar surface area (TPSA) is 77.9 Å². The van der Waals surface area contributed by atoms with Crippen molar-refractivity contribution in [3.8, 4) is 0 Å². The second kappa shape index (κ2) is 8.33. The maximum absolute atomic E-state index is 14.0. The Morgan fingerprint density at radius 3 is 2.38 bits per heavy atom. The molecule has 1 saturated heterocycles. The Labute approximate surface area is 196 Å². The number of benzene rings is 1. The van der Waals surface area contributed by atoms with Crippen LogP contribution in [0.15, 0.2) is 36.1 Å². The summed E-state index contributed by atoms with van der Waals surface area (Å²) in [6, 6.07) is 7.12. The first-order valence-electron chi connectivity index (χ1n) is 11.5. The standard InChI is InChI=1S/C24H33ClN2O4S/c1-5-19(14-26(4)32(30,31)20-10-11-20)27-22(17-6-8-18(25)9-7-17)15(2)12-24(23(27)29)13-21(28)16(24)3/h6-9,13,15-16,19-20,22,28H,5,10-12,14H2,1-4H3/t15-,16?,19-,22-,24-/m0/s1. The highest BCUT2D eigenvalue weighted by molar-refractivity contribution is 7.90. The normalized spacial score (nSPS) is 31.6. The number of hydrogen-bond donors (Lipinski definition) is 1. The van der Waals surface area contributed by atoms with E-state index in [2.05, 4.69) is 6.92 Å². The van der Waals surface area contributed by atoms with Crippen LogP contribution in [-0.4, -0.2) is 53.5 Å². The third kappa shape index (κ3) is 3.76. The fraction of sp³-hybridized carbons (Fsp3) is 0.625. The maximum atomic E-state index is 14.0. The van der Waals surface area contributed by atoms with Gasteiger partial charge in [-0.05, 0) is 55.4 Å². The van der Waals surface area contributed by atoms with E-state index in [-0.39, 0.29) is 47.4 Å². The summed E-state index contributed by atoms with van der Waals surface area (Å²) in [5.74, 6) is 0.124. The van der Waals surface area contributed by atoms with Crippen molar-refractivity contribution in [2.45, 2.75) is 63.8 Å². The van der Waals surface area contributed by atoms with E-state index in [1.54, 1.807) is 13.1 Å². The molecule has 1 saturated carbocycles. The van der Waals surface area contributed by atoms with Crippen LogP contribution < -0.4 is 0 Å². The highest BCUT2D eigenvalue weighted by Gasteiger charge is 2.59. The molecule has 0 radical (unpaired) electrons. The highest BCUT2D eigenvalue weighted by Crippen LogP contribution is 2.56. The molecule has 32 heavy (non-hydrogen) atoms. The summed E-state index contributed by atoms with van der Waals surface area (Å²) < 4.78 is 27.1. The van der Waals surface area contributed by atoms with Crippen LogP contribution in [-0.2, 0) is 14.8 Å². The summed E-state index contributed by atoms with van der Waals surface area (Å²) in [7, 11) is -1.72. The average Bonchev–Trinajstić information content (AvgIpc) is 3.61. The number of halogens is 1. The molecule has 1 amide bonds. The van der Waals surface area contributed by atoms with Gasteiger partial charge in [-0.3, -0.25) is 4.79 Å². The van der Waals surface area contributed by atoms with E-state index < -0.39 is 15.4 Å². The Morgan fingerprint density at radius 2 is 1.88 bits per heavy atom. The number of hydrogen-bond acceptors (Lipinski definition) is 4. The van der Waals surface area contributed by atoms with E-state index in [9.17, 15) is 18.3 Å². The van der Waals surface area contributed by atoms with Crippen LogP contribution in [0.1, 0.15) is 58.1 Å². The molecule has 1 heterocycles. The molecule has 5 atom stereocenters. The lowest BCUT2D eigenvalue weighted by Gasteiger charge is -2.56. The zero-order chi connectivity index (χ0) is 23.4. The quantitative estimate of drug-likeness (QED) is 0.621. The van der Waals surface area contributed by atoms with E-state index >= 15 is 0 Å². The largest absolute Gasteiger partial charge is 0.512 e. The first-order valence-corrected chi connectivity index (χ1v) is 13.4. The third-order valence-corrected chi connectivity index (χ3v) is 10.3. The number of carbonyl (C=O) groups excluding carboxylic acids is 1. The van der Waals surface area contributed by atoms with Crippen LogP contribution in [0.4, 0.5) is 0 Å². The van der Waals surface area contributed by atoms with Gasteiger partial charge in [0.15, 0.2) is 0 Å². The van der Waals surface area contributed by atoms with Crippen LogP contribution in [0, 0.1) is 17.3 Å². The molecule has 1 aromatic carbocycles. The Bertz CT molecular complexity index is 1020. The van der Waals surface area contributed by atoms with Crippen molar-refractivity contribution in [2.24, 2.45) is 17.3 Å². The number of carbonyl (C=O) groups is 1. The molecule has 4 rings (SSSR count). The summed E-state index contributed by atoms with van der Waals surface area (Å²) in [5.41, 5.74) is 0.268. The number of likely N-dealkylation sites (tertiary alicyclic amines) is 1. The minimum atomic E-state index is -3.34. The van der Waals surface area contributed by atoms with Gasteiger partial charge >= 0.3 is 0 Å². The predicted molar refractivity (Wildman–Crippen MR) is 126 cm³/mol. The van der Waals surface area contributed by atoms with Crippen molar-refractivity contribution in [1.29, 1.82) is 0 Å². The number of likely N-dealkylation sites (N-methyl/N-ethyl adjacent to an activating group) is 1. The molecule has 8 heteroatoms. The first kappa shape index (κ1) is 23.6. The van der Waals surface area contributed by atoms with Crippen molar-refractivity contribution in [1.82, 2.24) is 9.21 Å². The van der Waals surface area contributed by atoms with E-state index in [0.29, 0.717) is 30.7 Å². The van der Waals surface area contributed by atoms with Gasteiger partial charge in [-0.2, -0.15) is 0 Å². The zero-order valence-electron chi connectivity index (χ0n) is 19.2. The average molecular weight is 481 g/mol. The molecule has 3 aliphatic rings. The number of piperidine rings is 1. The molecule has 6 nitrogen and oxygen atoms in total. The third-order valence-electron chi connectivity index (χ3n) is 7.68. The fourth-order valence-electron chi connectivity index (χ4n) is 5.51. The van der Waals surface area contributed by atoms with Gasteiger partial charge in [-0.15, -0.1) is 0 Å². The lowest BCUT2D eigenvalue weighted by atomic mass is 9.58. The van der Waals surface area contributed by atoms with Gasteiger partial charge in [0.05, 0.1) is 22.5 Å². The van der Waals surface area contributed by atoms with Crippen LogP contribution in [0.2, 0.25) is 5.02 Å². The molecule has 0 aromatic heterocycles. The van der Waals surface area contributed by atoms with Gasteiger partial charge in [-0.25, -0.2) is 12.7 Å². The van der Waals surface area contributed by atoms with E-state index in [1.165, 1.54) is 4.31 Å². The molecule has 1 spiro atoms. The molecular formula is C24H33ClN2O4S. The minimum absolute atomic E-state index is 0.0232. The lowest BCUT2D eigenvalue weighted by molar-refractivity contribution is -0.161. The Hall–Kier alpha value is -1.57. The van der Waals surface area contributed by atoms with Gasteiger partial charge in [-0.1, -0.05) is 44.5 Å². The van der Waals surface area contributed by atoms with Crippen molar-refractivity contribution in [3.05, 3.63) is 46.7 Å². The molecule has 1 aliphatic heterocycles. The summed E-state index contributed by atoms with van der Waals surface area (Å²) in [4.78, 5) is 15.9. The zero-order valence-corrected chi connectivity index (χ0v) is 20.7. The molecule has 0 bridgehead atoms. The number of rotatable bonds is 7. The summed E-state index contributed by atoms with van der Waals surface area (Å²) >= 11 is 6.12. The van der Waals surface area contributed by atoms with Crippen molar-refractivity contribution in [2.75, 3.05) is 13.6 Å². The summed E-state index contributed by atoms with van der Waals surface area (Å²) in [6.45, 7) is 6.29. The van der Waals surface area contributed by atoms with Crippen molar-refractivity contribution < 1.29 is 18.3 Å². The Balaban J connectivity index is 1.72. The SMILES string of the molecule is CC[C@@H](CN(C)S(=O)(=O)C1CC1)N1C(=O)[C@]2(C=C(O)C2C)C[C@H](C)[C@H]1c1ccc(Cl)cc1. The molecule has 1 aromatic rings. The molecule has 1 N–H and O–H groups in total. The molecule has 2 fully saturated rings. The van der Waals surface area contributed by atoms with Crippen LogP contribution in [0.5, 0.6) is 0 Å². The number of amides is 1. The number of allylic oxidation sites excluding steroid dienone is 1. The molecule has 176 valence electrons. The highest BCUT2D eigenvalue weighted by atomic mass is 35.5. The molecule has 2 aliphatic carbocycles. The van der Waals surface area contributed by atoms with Crippen LogP contribution in [0.3, 0.4) is 0 Å². The van der Waals surface area contributed by atoms with E-state index in [1.807, 2.05) is 43.0 Å². The number of aliphatic hydroxyl groups is 1. The van der Waals surface area contributed by atoms with E-state index in [0.717, 1.165) is 5.56 Å². The van der Waals surface area contributed by atoms with Gasteiger partial charge < -0.3 is 10.0 Å². The predicted octanol–water partition coefficient (Wildman–Crippen LogP) is 4.53. The van der Waals surface area contributed by atoms with Crippen molar-refractivity contribution >= 4 is 27.5 Å². The minimum Gasteiger partial charge on any atom is -0.512 e. The van der Waals surface area contributed by atoms with Crippen LogP contribution in [0.25, 0.3) is 0 Å². The molecule has 1 unspecified atom stereocenters. The van der Waals surface area contributed by atoms with Gasteiger partial charge in [0, 0.05) is 30.6 Å². The van der Waals surface area contributed by atoms with E-state index in [4.69, 9.17) is 11.6 Å².